The molecule has 2 rings (SSSR count). The molecule has 0 spiro atoms. The largest absolute Gasteiger partial charge is 0.370 e. The summed E-state index contributed by atoms with van der Waals surface area (Å²) in [4.78, 5) is 11.1. The van der Waals surface area contributed by atoms with Gasteiger partial charge in [0, 0.05) is 0 Å². The normalized spacial score (nSPS) is 12.0. The topological polar surface area (TPSA) is 61.6 Å². The maximum atomic E-state index is 11.1. The number of ether oxygens (including phenoxy) is 2. The van der Waals surface area contributed by atoms with E-state index in [0.29, 0.717) is 13.2 Å². The number of amides is 1. The minimum Gasteiger partial charge on any atom is -0.370 e. The summed E-state index contributed by atoms with van der Waals surface area (Å²) in [5.41, 5.74) is 7.34. The molecule has 0 saturated carbocycles. The molecule has 1 radical (unpaired) electrons. The van der Waals surface area contributed by atoms with Gasteiger partial charge in [0.1, 0.15) is 6.61 Å². The Bertz CT molecular complexity index is 557. The van der Waals surface area contributed by atoms with Crippen molar-refractivity contribution in [1.82, 2.24) is 0 Å². The highest BCUT2D eigenvalue weighted by atomic mass is 16.5. The number of hydrogen-bond donors (Lipinski definition) is 1. The lowest BCUT2D eigenvalue weighted by molar-refractivity contribution is -0.121. The molecule has 22 heavy (non-hydrogen) atoms. The molecule has 1 unspecified atom stereocenters. The molecule has 2 N–H and O–H groups in total. The van der Waals surface area contributed by atoms with Gasteiger partial charge < -0.3 is 15.2 Å². The molecule has 0 fully saturated rings. The molecule has 0 bridgehead atoms. The SMILES string of the molecule is NC(=O)CC([CH]OCc1ccccc1)OCc1ccccc1. The monoisotopic (exact) mass is 298 g/mol. The van der Waals surface area contributed by atoms with E-state index in [0.717, 1.165) is 11.1 Å². The fourth-order valence-corrected chi connectivity index (χ4v) is 1.95. The molecule has 115 valence electrons. The number of rotatable bonds is 9. The average molecular weight is 298 g/mol. The van der Waals surface area contributed by atoms with Crippen molar-refractivity contribution >= 4 is 5.91 Å². The number of hydrogen-bond acceptors (Lipinski definition) is 3. The summed E-state index contributed by atoms with van der Waals surface area (Å²) in [6.45, 7) is 2.38. The molecule has 0 saturated heterocycles. The third-order valence-corrected chi connectivity index (χ3v) is 3.05. The first-order valence-electron chi connectivity index (χ1n) is 7.17. The Morgan fingerprint density at radius 2 is 1.50 bits per heavy atom. The lowest BCUT2D eigenvalue weighted by Crippen LogP contribution is -2.24. The molecule has 4 heteroatoms. The van der Waals surface area contributed by atoms with Crippen molar-refractivity contribution in [3.63, 3.8) is 0 Å². The predicted molar refractivity (Wildman–Crippen MR) is 84.4 cm³/mol. The first-order valence-corrected chi connectivity index (χ1v) is 7.17. The van der Waals surface area contributed by atoms with Crippen LogP contribution in [0.4, 0.5) is 0 Å². The summed E-state index contributed by atoms with van der Waals surface area (Å²) >= 11 is 0. The number of primary amides is 1. The van der Waals surface area contributed by atoms with Gasteiger partial charge in [-0.05, 0) is 11.1 Å². The van der Waals surface area contributed by atoms with E-state index < -0.39 is 12.0 Å². The van der Waals surface area contributed by atoms with Crippen molar-refractivity contribution in [1.29, 1.82) is 0 Å². The Hall–Kier alpha value is -2.17. The van der Waals surface area contributed by atoms with Crippen molar-refractivity contribution in [3.8, 4) is 0 Å². The van der Waals surface area contributed by atoms with E-state index in [-0.39, 0.29) is 6.42 Å². The second kappa shape index (κ2) is 8.97. The standard InChI is InChI=1S/C18H20NO3/c19-18(20)11-17(22-13-16-9-5-2-6-10-16)14-21-12-15-7-3-1-4-8-15/h1-10,14,17H,11-13H2,(H2,19,20). The summed E-state index contributed by atoms with van der Waals surface area (Å²) < 4.78 is 11.2. The maximum Gasteiger partial charge on any atom is 0.220 e. The van der Waals surface area contributed by atoms with E-state index in [2.05, 4.69) is 0 Å². The molecular formula is C18H20NO3. The van der Waals surface area contributed by atoms with E-state index in [9.17, 15) is 4.79 Å². The molecule has 0 aliphatic rings. The molecule has 0 aromatic heterocycles. The Balaban J connectivity index is 1.79. The summed E-state index contributed by atoms with van der Waals surface area (Å²) in [6, 6.07) is 19.6. The van der Waals surface area contributed by atoms with Gasteiger partial charge in [-0.3, -0.25) is 4.79 Å². The lowest BCUT2D eigenvalue weighted by Gasteiger charge is -2.16. The summed E-state index contributed by atoms with van der Waals surface area (Å²) in [5.74, 6) is -0.419. The van der Waals surface area contributed by atoms with Crippen LogP contribution >= 0.6 is 0 Å². The van der Waals surface area contributed by atoms with Crippen molar-refractivity contribution in [2.24, 2.45) is 5.73 Å². The molecule has 1 amide bonds. The molecule has 2 aromatic rings. The van der Waals surface area contributed by atoms with Crippen LogP contribution in [0.25, 0.3) is 0 Å². The van der Waals surface area contributed by atoms with Crippen LogP contribution in [-0.2, 0) is 27.5 Å². The predicted octanol–water partition coefficient (Wildman–Crippen LogP) is 2.83. The molecule has 0 aliphatic carbocycles. The molecular weight excluding hydrogens is 278 g/mol. The van der Waals surface area contributed by atoms with E-state index in [4.69, 9.17) is 15.2 Å². The lowest BCUT2D eigenvalue weighted by atomic mass is 10.2. The number of carbonyl (C=O) groups excluding carboxylic acids is 1. The number of carbonyl (C=O) groups is 1. The van der Waals surface area contributed by atoms with Gasteiger partial charge in [-0.25, -0.2) is 0 Å². The van der Waals surface area contributed by atoms with Gasteiger partial charge >= 0.3 is 0 Å². The zero-order chi connectivity index (χ0) is 15.6. The summed E-state index contributed by atoms with van der Waals surface area (Å²) in [6.07, 6.45) is -0.358. The van der Waals surface area contributed by atoms with Gasteiger partial charge in [0.25, 0.3) is 0 Å². The Kier molecular flexibility index (Phi) is 6.61. The maximum absolute atomic E-state index is 11.1. The van der Waals surface area contributed by atoms with Gasteiger partial charge in [0.15, 0.2) is 0 Å². The van der Waals surface area contributed by atoms with Gasteiger partial charge in [-0.2, -0.15) is 0 Å². The van der Waals surface area contributed by atoms with Crippen LogP contribution in [0.1, 0.15) is 17.5 Å². The molecule has 0 heterocycles. The van der Waals surface area contributed by atoms with Crippen LogP contribution < -0.4 is 5.73 Å². The van der Waals surface area contributed by atoms with Crippen LogP contribution in [0.5, 0.6) is 0 Å². The van der Waals surface area contributed by atoms with Crippen molar-refractivity contribution in [3.05, 3.63) is 78.4 Å². The molecule has 2 aromatic carbocycles. The van der Waals surface area contributed by atoms with Gasteiger partial charge in [-0.1, -0.05) is 60.7 Å². The first-order chi connectivity index (χ1) is 10.7. The Morgan fingerprint density at radius 3 is 2.05 bits per heavy atom. The van der Waals surface area contributed by atoms with Crippen LogP contribution in [0.3, 0.4) is 0 Å². The smallest absolute Gasteiger partial charge is 0.220 e. The molecule has 4 nitrogen and oxygen atoms in total. The zero-order valence-corrected chi connectivity index (χ0v) is 12.4. The van der Waals surface area contributed by atoms with Crippen molar-refractivity contribution in [2.75, 3.05) is 0 Å². The Labute approximate surface area is 130 Å². The third kappa shape index (κ3) is 6.08. The zero-order valence-electron chi connectivity index (χ0n) is 12.4. The minimum atomic E-state index is -0.457. The van der Waals surface area contributed by atoms with Gasteiger partial charge in [0.05, 0.1) is 25.7 Å². The highest BCUT2D eigenvalue weighted by Crippen LogP contribution is 2.11. The van der Waals surface area contributed by atoms with Crippen LogP contribution in [0.15, 0.2) is 60.7 Å². The Morgan fingerprint density at radius 1 is 0.955 bits per heavy atom. The average Bonchev–Trinajstić information content (AvgIpc) is 2.54. The van der Waals surface area contributed by atoms with Crippen LogP contribution in [0, 0.1) is 6.61 Å². The minimum absolute atomic E-state index is 0.0988. The van der Waals surface area contributed by atoms with Gasteiger partial charge in [-0.15, -0.1) is 0 Å². The van der Waals surface area contributed by atoms with E-state index in [1.165, 1.54) is 0 Å². The second-order valence-corrected chi connectivity index (χ2v) is 4.94. The van der Waals surface area contributed by atoms with Crippen LogP contribution in [-0.4, -0.2) is 12.0 Å². The highest BCUT2D eigenvalue weighted by Gasteiger charge is 2.14. The van der Waals surface area contributed by atoms with E-state index in [1.54, 1.807) is 6.61 Å². The number of benzene rings is 2. The molecule has 0 aliphatic heterocycles. The quantitative estimate of drug-likeness (QED) is 0.774. The third-order valence-electron chi connectivity index (χ3n) is 3.05. The van der Waals surface area contributed by atoms with E-state index in [1.807, 2.05) is 60.7 Å². The highest BCUT2D eigenvalue weighted by molar-refractivity contribution is 5.74. The molecule has 1 atom stereocenters. The van der Waals surface area contributed by atoms with Crippen molar-refractivity contribution in [2.45, 2.75) is 25.7 Å². The van der Waals surface area contributed by atoms with Crippen LogP contribution in [0.2, 0.25) is 0 Å². The fourth-order valence-electron chi connectivity index (χ4n) is 1.95. The summed E-state index contributed by atoms with van der Waals surface area (Å²) in [5, 5.41) is 0. The second-order valence-electron chi connectivity index (χ2n) is 4.94. The summed E-state index contributed by atoms with van der Waals surface area (Å²) in [7, 11) is 0. The fraction of sp³-hybridized carbons (Fsp3) is 0.222. The first kappa shape index (κ1) is 16.2. The number of nitrogens with two attached hydrogens (primary N) is 1. The van der Waals surface area contributed by atoms with E-state index >= 15 is 0 Å². The van der Waals surface area contributed by atoms with Gasteiger partial charge in [0.2, 0.25) is 5.91 Å². The van der Waals surface area contributed by atoms with Crippen molar-refractivity contribution < 1.29 is 14.3 Å².